The van der Waals surface area contributed by atoms with Gasteiger partial charge in [0.2, 0.25) is 5.76 Å². The number of halogens is 1. The van der Waals surface area contributed by atoms with Crippen LogP contribution in [0.5, 0.6) is 5.75 Å². The van der Waals surface area contributed by atoms with E-state index in [-0.39, 0.29) is 12.4 Å². The highest BCUT2D eigenvalue weighted by Gasteiger charge is 2.14. The van der Waals surface area contributed by atoms with Crippen LogP contribution in [0, 0.1) is 3.57 Å². The lowest BCUT2D eigenvalue weighted by Crippen LogP contribution is -2.02. The zero-order chi connectivity index (χ0) is 12.3. The zero-order valence-electron chi connectivity index (χ0n) is 8.72. The van der Waals surface area contributed by atoms with Gasteiger partial charge in [0.1, 0.15) is 12.4 Å². The first-order valence-corrected chi connectivity index (χ1v) is 5.93. The molecule has 2 aromatic rings. The Labute approximate surface area is 111 Å². The average Bonchev–Trinajstić information content (AvgIpc) is 2.74. The number of benzene rings is 1. The molecule has 0 fully saturated rings. The van der Waals surface area contributed by atoms with Crippen LogP contribution in [0.25, 0.3) is 0 Å². The van der Waals surface area contributed by atoms with Crippen LogP contribution in [0.15, 0.2) is 41.0 Å². The van der Waals surface area contributed by atoms with E-state index < -0.39 is 5.97 Å². The molecule has 0 atom stereocenters. The van der Waals surface area contributed by atoms with Crippen LogP contribution in [0.1, 0.15) is 16.1 Å². The SMILES string of the molecule is O=C(O)c1occc1COc1cccc(I)c1. The number of carbonyl (C=O) groups is 1. The smallest absolute Gasteiger partial charge is 0.372 e. The van der Waals surface area contributed by atoms with E-state index in [1.165, 1.54) is 6.26 Å². The summed E-state index contributed by atoms with van der Waals surface area (Å²) in [6, 6.07) is 9.12. The Morgan fingerprint density at radius 1 is 1.41 bits per heavy atom. The molecule has 2 rings (SSSR count). The highest BCUT2D eigenvalue weighted by Crippen LogP contribution is 2.18. The molecule has 5 heteroatoms. The Morgan fingerprint density at radius 2 is 2.24 bits per heavy atom. The van der Waals surface area contributed by atoms with Crippen LogP contribution in [0.3, 0.4) is 0 Å². The van der Waals surface area contributed by atoms with Crippen molar-refractivity contribution in [3.8, 4) is 5.75 Å². The van der Waals surface area contributed by atoms with Gasteiger partial charge in [-0.2, -0.15) is 0 Å². The van der Waals surface area contributed by atoms with Crippen molar-refractivity contribution in [3.05, 3.63) is 51.5 Å². The molecule has 0 spiro atoms. The molecule has 0 bridgehead atoms. The maximum Gasteiger partial charge on any atom is 0.372 e. The Morgan fingerprint density at radius 3 is 2.94 bits per heavy atom. The molecule has 0 saturated heterocycles. The molecule has 1 aromatic carbocycles. The van der Waals surface area contributed by atoms with Gasteiger partial charge in [0.15, 0.2) is 0 Å². The fraction of sp³-hybridized carbons (Fsp3) is 0.0833. The van der Waals surface area contributed by atoms with Crippen LogP contribution in [0.2, 0.25) is 0 Å². The third-order valence-electron chi connectivity index (χ3n) is 2.13. The minimum Gasteiger partial charge on any atom is -0.489 e. The van der Waals surface area contributed by atoms with Crippen LogP contribution < -0.4 is 4.74 Å². The summed E-state index contributed by atoms with van der Waals surface area (Å²) in [5.74, 6) is -0.457. The first kappa shape index (κ1) is 12.0. The van der Waals surface area contributed by atoms with Crippen LogP contribution in [0.4, 0.5) is 0 Å². The van der Waals surface area contributed by atoms with E-state index in [2.05, 4.69) is 22.6 Å². The molecule has 0 unspecified atom stereocenters. The van der Waals surface area contributed by atoms with Gasteiger partial charge in [-0.3, -0.25) is 0 Å². The Bertz CT molecular complexity index is 533. The number of rotatable bonds is 4. The van der Waals surface area contributed by atoms with Crippen molar-refractivity contribution in [3.63, 3.8) is 0 Å². The monoisotopic (exact) mass is 344 g/mol. The molecule has 17 heavy (non-hydrogen) atoms. The van der Waals surface area contributed by atoms with Crippen molar-refractivity contribution in [1.29, 1.82) is 0 Å². The molecule has 0 aliphatic carbocycles. The standard InChI is InChI=1S/C12H9IO4/c13-9-2-1-3-10(6-9)17-7-8-4-5-16-11(8)12(14)15/h1-6H,7H2,(H,14,15). The number of carboxylic acids is 1. The third kappa shape index (κ3) is 3.00. The van der Waals surface area contributed by atoms with Gasteiger partial charge in [-0.05, 0) is 46.9 Å². The van der Waals surface area contributed by atoms with Crippen molar-refractivity contribution in [2.75, 3.05) is 0 Å². The van der Waals surface area contributed by atoms with E-state index in [0.29, 0.717) is 11.3 Å². The molecule has 1 N–H and O–H groups in total. The third-order valence-corrected chi connectivity index (χ3v) is 2.80. The van der Waals surface area contributed by atoms with E-state index >= 15 is 0 Å². The molecule has 1 heterocycles. The molecule has 0 aliphatic heterocycles. The Kier molecular flexibility index (Phi) is 3.68. The van der Waals surface area contributed by atoms with E-state index in [4.69, 9.17) is 14.3 Å². The van der Waals surface area contributed by atoms with Gasteiger partial charge < -0.3 is 14.3 Å². The molecule has 0 radical (unpaired) electrons. The summed E-state index contributed by atoms with van der Waals surface area (Å²) in [4.78, 5) is 10.8. The fourth-order valence-electron chi connectivity index (χ4n) is 1.35. The number of hydrogen-bond acceptors (Lipinski definition) is 3. The van der Waals surface area contributed by atoms with Gasteiger partial charge in [0, 0.05) is 9.13 Å². The van der Waals surface area contributed by atoms with E-state index in [0.717, 1.165) is 3.57 Å². The first-order valence-electron chi connectivity index (χ1n) is 4.85. The summed E-state index contributed by atoms with van der Waals surface area (Å²) in [7, 11) is 0. The van der Waals surface area contributed by atoms with Crippen molar-refractivity contribution in [2.24, 2.45) is 0 Å². The molecule has 0 amide bonds. The first-order chi connectivity index (χ1) is 8.16. The summed E-state index contributed by atoms with van der Waals surface area (Å²) < 4.78 is 11.4. The van der Waals surface area contributed by atoms with Gasteiger partial charge >= 0.3 is 5.97 Å². The van der Waals surface area contributed by atoms with Crippen LogP contribution in [-0.4, -0.2) is 11.1 Å². The summed E-state index contributed by atoms with van der Waals surface area (Å²) >= 11 is 2.18. The van der Waals surface area contributed by atoms with Crippen molar-refractivity contribution in [2.45, 2.75) is 6.61 Å². The highest BCUT2D eigenvalue weighted by molar-refractivity contribution is 14.1. The topological polar surface area (TPSA) is 59.7 Å². The predicted molar refractivity (Wildman–Crippen MR) is 69.2 cm³/mol. The number of carboxylic acid groups (broad SMARTS) is 1. The second-order valence-electron chi connectivity index (χ2n) is 3.33. The predicted octanol–water partition coefficient (Wildman–Crippen LogP) is 3.16. The summed E-state index contributed by atoms with van der Waals surface area (Å²) in [5, 5.41) is 8.85. The Balaban J connectivity index is 2.07. The normalized spacial score (nSPS) is 10.2. The second kappa shape index (κ2) is 5.22. The molecule has 0 saturated carbocycles. The van der Waals surface area contributed by atoms with Gasteiger partial charge in [-0.15, -0.1) is 0 Å². The number of furan rings is 1. The quantitative estimate of drug-likeness (QED) is 0.866. The average molecular weight is 344 g/mol. The molecule has 1 aromatic heterocycles. The fourth-order valence-corrected chi connectivity index (χ4v) is 1.87. The molecule has 0 aliphatic rings. The number of aromatic carboxylic acids is 1. The van der Waals surface area contributed by atoms with E-state index in [1.54, 1.807) is 6.07 Å². The zero-order valence-corrected chi connectivity index (χ0v) is 10.9. The lowest BCUT2D eigenvalue weighted by molar-refractivity contribution is 0.0658. The maximum atomic E-state index is 10.8. The summed E-state index contributed by atoms with van der Waals surface area (Å²) in [6.07, 6.45) is 1.34. The number of hydrogen-bond donors (Lipinski definition) is 1. The lowest BCUT2D eigenvalue weighted by Gasteiger charge is -2.05. The maximum absolute atomic E-state index is 10.8. The largest absolute Gasteiger partial charge is 0.489 e. The van der Waals surface area contributed by atoms with Crippen molar-refractivity contribution in [1.82, 2.24) is 0 Å². The summed E-state index contributed by atoms with van der Waals surface area (Å²) in [6.45, 7) is 0.179. The minimum absolute atomic E-state index is 0.0735. The molecular weight excluding hydrogens is 335 g/mol. The van der Waals surface area contributed by atoms with E-state index in [1.807, 2.05) is 24.3 Å². The van der Waals surface area contributed by atoms with E-state index in [9.17, 15) is 4.79 Å². The highest BCUT2D eigenvalue weighted by atomic mass is 127. The van der Waals surface area contributed by atoms with Crippen LogP contribution >= 0.6 is 22.6 Å². The molecular formula is C12H9IO4. The van der Waals surface area contributed by atoms with Gasteiger partial charge in [-0.1, -0.05) is 6.07 Å². The van der Waals surface area contributed by atoms with Crippen molar-refractivity contribution < 1.29 is 19.1 Å². The number of ether oxygens (including phenoxy) is 1. The van der Waals surface area contributed by atoms with Crippen LogP contribution in [-0.2, 0) is 6.61 Å². The van der Waals surface area contributed by atoms with Gasteiger partial charge in [-0.25, -0.2) is 4.79 Å². The lowest BCUT2D eigenvalue weighted by atomic mass is 10.2. The van der Waals surface area contributed by atoms with Crippen molar-refractivity contribution >= 4 is 28.6 Å². The van der Waals surface area contributed by atoms with Gasteiger partial charge in [0.05, 0.1) is 6.26 Å². The molecule has 88 valence electrons. The van der Waals surface area contributed by atoms with Gasteiger partial charge in [0.25, 0.3) is 0 Å². The molecule has 4 nitrogen and oxygen atoms in total. The summed E-state index contributed by atoms with van der Waals surface area (Å²) in [5.41, 5.74) is 0.524. The Hall–Kier alpha value is -1.50. The minimum atomic E-state index is -1.09. The second-order valence-corrected chi connectivity index (χ2v) is 4.57.